The minimum absolute atomic E-state index is 0.0210. The second kappa shape index (κ2) is 8.46. The fourth-order valence-corrected chi connectivity index (χ4v) is 4.95. The standard InChI is InChI=1S/C19H27N3O4S/c1-4-15-12(3)20-19-22(17(15)24)10-14(11-27-19)16(23)21-8-6-7-13(9-21)18(25)26-5-2/h13-14H,4-11H2,1-3H3/t13-,14+/m1/s1. The van der Waals surface area contributed by atoms with E-state index in [0.29, 0.717) is 49.1 Å². The molecule has 0 unspecified atom stereocenters. The number of aryl methyl sites for hydroxylation is 1. The predicted octanol–water partition coefficient (Wildman–Crippen LogP) is 1.64. The fraction of sp³-hybridized carbons (Fsp3) is 0.684. The highest BCUT2D eigenvalue weighted by molar-refractivity contribution is 7.99. The number of esters is 1. The van der Waals surface area contributed by atoms with Gasteiger partial charge in [0, 0.05) is 36.6 Å². The number of carbonyl (C=O) groups is 2. The molecule has 2 aliphatic heterocycles. The van der Waals surface area contributed by atoms with Crippen LogP contribution in [0.15, 0.2) is 9.95 Å². The van der Waals surface area contributed by atoms with Crippen LogP contribution in [0.4, 0.5) is 0 Å². The van der Waals surface area contributed by atoms with Crippen LogP contribution in [0.2, 0.25) is 0 Å². The number of hydrogen-bond acceptors (Lipinski definition) is 6. The largest absolute Gasteiger partial charge is 0.466 e. The minimum Gasteiger partial charge on any atom is -0.466 e. The molecule has 148 valence electrons. The summed E-state index contributed by atoms with van der Waals surface area (Å²) >= 11 is 1.46. The highest BCUT2D eigenvalue weighted by Gasteiger charge is 2.35. The zero-order chi connectivity index (χ0) is 19.6. The number of likely N-dealkylation sites (tertiary alicyclic amines) is 1. The molecule has 1 aromatic rings. The Morgan fingerprint density at radius 2 is 2.04 bits per heavy atom. The van der Waals surface area contributed by atoms with Crippen molar-refractivity contribution >= 4 is 23.6 Å². The van der Waals surface area contributed by atoms with Crippen molar-refractivity contribution in [2.45, 2.75) is 51.7 Å². The topological polar surface area (TPSA) is 81.5 Å². The van der Waals surface area contributed by atoms with Crippen molar-refractivity contribution in [1.82, 2.24) is 14.5 Å². The van der Waals surface area contributed by atoms with Gasteiger partial charge in [-0.15, -0.1) is 0 Å². The summed E-state index contributed by atoms with van der Waals surface area (Å²) in [5.74, 6) is -0.105. The van der Waals surface area contributed by atoms with Gasteiger partial charge in [0.2, 0.25) is 5.91 Å². The number of fused-ring (bicyclic) bond motifs is 1. The Kier molecular flexibility index (Phi) is 6.24. The Balaban J connectivity index is 1.74. The van der Waals surface area contributed by atoms with E-state index in [9.17, 15) is 14.4 Å². The van der Waals surface area contributed by atoms with E-state index >= 15 is 0 Å². The number of rotatable bonds is 4. The number of carbonyl (C=O) groups excluding carboxylic acids is 2. The molecule has 0 bridgehead atoms. The summed E-state index contributed by atoms with van der Waals surface area (Å²) < 4.78 is 6.77. The number of aromatic nitrogens is 2. The maximum absolute atomic E-state index is 13.0. The summed E-state index contributed by atoms with van der Waals surface area (Å²) in [6.07, 6.45) is 2.19. The summed E-state index contributed by atoms with van der Waals surface area (Å²) in [4.78, 5) is 44.1. The van der Waals surface area contributed by atoms with Crippen LogP contribution in [-0.2, 0) is 27.3 Å². The number of thioether (sulfide) groups is 1. The quantitative estimate of drug-likeness (QED) is 0.571. The molecule has 0 spiro atoms. The van der Waals surface area contributed by atoms with E-state index < -0.39 is 0 Å². The SMILES string of the molecule is CCOC(=O)[C@@H]1CCCN(C(=O)[C@@H]2CSc3nc(C)c(CC)c(=O)n3C2)C1. The molecule has 0 aromatic carbocycles. The minimum atomic E-state index is -0.268. The van der Waals surface area contributed by atoms with Crippen LogP contribution in [0.3, 0.4) is 0 Å². The maximum atomic E-state index is 13.0. The maximum Gasteiger partial charge on any atom is 0.310 e. The van der Waals surface area contributed by atoms with E-state index in [1.54, 1.807) is 16.4 Å². The van der Waals surface area contributed by atoms with Crippen LogP contribution in [0.1, 0.15) is 37.9 Å². The van der Waals surface area contributed by atoms with Gasteiger partial charge >= 0.3 is 5.97 Å². The third-order valence-electron chi connectivity index (χ3n) is 5.31. The van der Waals surface area contributed by atoms with E-state index in [1.807, 2.05) is 13.8 Å². The summed E-state index contributed by atoms with van der Waals surface area (Å²) in [6, 6.07) is 0. The molecule has 8 heteroatoms. The first kappa shape index (κ1) is 19.9. The van der Waals surface area contributed by atoms with E-state index in [2.05, 4.69) is 4.98 Å². The Bertz CT molecular complexity index is 792. The molecular weight excluding hydrogens is 366 g/mol. The van der Waals surface area contributed by atoms with Gasteiger partial charge in [-0.05, 0) is 33.1 Å². The van der Waals surface area contributed by atoms with Crippen molar-refractivity contribution in [3.05, 3.63) is 21.6 Å². The summed E-state index contributed by atoms with van der Waals surface area (Å²) in [6.45, 7) is 7.38. The van der Waals surface area contributed by atoms with Gasteiger partial charge < -0.3 is 9.64 Å². The highest BCUT2D eigenvalue weighted by atomic mass is 32.2. The molecule has 0 radical (unpaired) electrons. The van der Waals surface area contributed by atoms with Crippen LogP contribution >= 0.6 is 11.8 Å². The number of nitrogens with zero attached hydrogens (tertiary/aromatic N) is 3. The molecule has 1 aromatic heterocycles. The van der Waals surface area contributed by atoms with Gasteiger partial charge in [0.25, 0.3) is 5.56 Å². The number of ether oxygens (including phenoxy) is 1. The zero-order valence-corrected chi connectivity index (χ0v) is 17.0. The predicted molar refractivity (Wildman–Crippen MR) is 103 cm³/mol. The normalized spacial score (nSPS) is 22.3. The number of amides is 1. The summed E-state index contributed by atoms with van der Waals surface area (Å²) in [5, 5.41) is 0.696. The van der Waals surface area contributed by atoms with Gasteiger partial charge in [-0.25, -0.2) is 4.98 Å². The lowest BCUT2D eigenvalue weighted by Gasteiger charge is -2.35. The molecule has 0 N–H and O–H groups in total. The van der Waals surface area contributed by atoms with Crippen molar-refractivity contribution in [3.63, 3.8) is 0 Å². The average Bonchev–Trinajstić information content (AvgIpc) is 2.68. The molecule has 1 amide bonds. The lowest BCUT2D eigenvalue weighted by Crippen LogP contribution is -2.48. The van der Waals surface area contributed by atoms with Crippen LogP contribution in [0.5, 0.6) is 0 Å². The van der Waals surface area contributed by atoms with Crippen molar-refractivity contribution < 1.29 is 14.3 Å². The number of hydrogen-bond donors (Lipinski definition) is 0. The Morgan fingerprint density at radius 3 is 2.74 bits per heavy atom. The summed E-state index contributed by atoms with van der Waals surface area (Å²) in [5.41, 5.74) is 1.46. The van der Waals surface area contributed by atoms with Gasteiger partial charge in [0.1, 0.15) is 0 Å². The Labute approximate surface area is 163 Å². The second-order valence-corrected chi connectivity index (χ2v) is 8.10. The monoisotopic (exact) mass is 393 g/mol. The fourth-order valence-electron chi connectivity index (χ4n) is 3.84. The molecule has 0 aliphatic carbocycles. The molecule has 7 nitrogen and oxygen atoms in total. The zero-order valence-electron chi connectivity index (χ0n) is 16.2. The first-order valence-corrected chi connectivity index (χ1v) is 10.6. The van der Waals surface area contributed by atoms with Gasteiger partial charge in [0.15, 0.2) is 5.16 Å². The van der Waals surface area contributed by atoms with E-state index in [1.165, 1.54) is 11.8 Å². The third kappa shape index (κ3) is 4.05. The van der Waals surface area contributed by atoms with Crippen molar-refractivity contribution in [3.8, 4) is 0 Å². The van der Waals surface area contributed by atoms with Gasteiger partial charge in [-0.1, -0.05) is 18.7 Å². The van der Waals surface area contributed by atoms with Crippen LogP contribution < -0.4 is 5.56 Å². The molecule has 2 atom stereocenters. The van der Waals surface area contributed by atoms with Gasteiger partial charge in [-0.2, -0.15) is 0 Å². The van der Waals surface area contributed by atoms with Gasteiger partial charge in [-0.3, -0.25) is 19.0 Å². The highest BCUT2D eigenvalue weighted by Crippen LogP contribution is 2.28. The first-order valence-electron chi connectivity index (χ1n) is 9.64. The smallest absolute Gasteiger partial charge is 0.310 e. The van der Waals surface area contributed by atoms with E-state index in [-0.39, 0.29) is 29.3 Å². The van der Waals surface area contributed by atoms with Crippen molar-refractivity contribution in [1.29, 1.82) is 0 Å². The van der Waals surface area contributed by atoms with Crippen molar-refractivity contribution in [2.24, 2.45) is 11.8 Å². The Hall–Kier alpha value is -1.83. The molecule has 2 aliphatic rings. The van der Waals surface area contributed by atoms with Crippen LogP contribution in [0.25, 0.3) is 0 Å². The lowest BCUT2D eigenvalue weighted by atomic mass is 9.96. The lowest BCUT2D eigenvalue weighted by molar-refractivity contribution is -0.151. The first-order chi connectivity index (χ1) is 13.0. The molecule has 3 heterocycles. The number of piperidine rings is 1. The average molecular weight is 394 g/mol. The second-order valence-electron chi connectivity index (χ2n) is 7.11. The van der Waals surface area contributed by atoms with Gasteiger partial charge in [0.05, 0.1) is 18.4 Å². The Morgan fingerprint density at radius 1 is 1.26 bits per heavy atom. The van der Waals surface area contributed by atoms with E-state index in [0.717, 1.165) is 18.5 Å². The van der Waals surface area contributed by atoms with Crippen molar-refractivity contribution in [2.75, 3.05) is 25.4 Å². The molecule has 1 saturated heterocycles. The summed E-state index contributed by atoms with van der Waals surface area (Å²) in [7, 11) is 0. The van der Waals surface area contributed by atoms with E-state index in [4.69, 9.17) is 4.74 Å². The third-order valence-corrected chi connectivity index (χ3v) is 6.45. The van der Waals surface area contributed by atoms with Crippen LogP contribution in [0, 0.1) is 18.8 Å². The molecular formula is C19H27N3O4S. The molecule has 1 fully saturated rings. The van der Waals surface area contributed by atoms with Crippen LogP contribution in [-0.4, -0.2) is 51.8 Å². The molecule has 3 rings (SSSR count). The molecule has 0 saturated carbocycles. The molecule has 27 heavy (non-hydrogen) atoms.